The highest BCUT2D eigenvalue weighted by molar-refractivity contribution is 7.98. The standard InChI is InChI=1S/C17H18ClN3O2S2/c1-17(2,3)15-19-12(9-24-15)10-25-16-21-20-14(23-16)8-22-13-6-4-11(18)5-7-13/h4-7,9H,8,10H2,1-3H3. The maximum atomic E-state index is 5.84. The summed E-state index contributed by atoms with van der Waals surface area (Å²) in [6.45, 7) is 6.70. The summed E-state index contributed by atoms with van der Waals surface area (Å²) < 4.78 is 11.2. The summed E-state index contributed by atoms with van der Waals surface area (Å²) >= 11 is 9.00. The largest absolute Gasteiger partial charge is 0.484 e. The Kier molecular flexibility index (Phi) is 5.66. The Morgan fingerprint density at radius 3 is 2.64 bits per heavy atom. The number of nitrogens with zero attached hydrogens (tertiary/aromatic N) is 3. The van der Waals surface area contributed by atoms with Crippen molar-refractivity contribution < 1.29 is 9.15 Å². The molecule has 0 N–H and O–H groups in total. The first-order valence-electron chi connectivity index (χ1n) is 7.68. The molecule has 132 valence electrons. The van der Waals surface area contributed by atoms with E-state index in [0.29, 0.717) is 27.6 Å². The third-order valence-corrected chi connectivity index (χ3v) is 5.58. The third kappa shape index (κ3) is 5.20. The predicted molar refractivity (Wildman–Crippen MR) is 100 cm³/mol. The molecule has 0 aliphatic rings. The zero-order valence-electron chi connectivity index (χ0n) is 14.2. The molecule has 3 rings (SSSR count). The monoisotopic (exact) mass is 395 g/mol. The lowest BCUT2D eigenvalue weighted by atomic mass is 9.98. The first-order valence-corrected chi connectivity index (χ1v) is 9.93. The van der Waals surface area contributed by atoms with Crippen LogP contribution in [0.5, 0.6) is 5.75 Å². The van der Waals surface area contributed by atoms with E-state index in [2.05, 4.69) is 41.3 Å². The molecule has 0 radical (unpaired) electrons. The molecule has 0 spiro atoms. The molecule has 8 heteroatoms. The van der Waals surface area contributed by atoms with Crippen LogP contribution in [0.4, 0.5) is 0 Å². The van der Waals surface area contributed by atoms with Crippen LogP contribution in [-0.4, -0.2) is 15.2 Å². The van der Waals surface area contributed by atoms with E-state index in [4.69, 9.17) is 20.8 Å². The van der Waals surface area contributed by atoms with Gasteiger partial charge >= 0.3 is 0 Å². The molecule has 0 aliphatic carbocycles. The summed E-state index contributed by atoms with van der Waals surface area (Å²) in [4.78, 5) is 4.66. The molecular formula is C17H18ClN3O2S2. The first kappa shape index (κ1) is 18.2. The molecule has 0 atom stereocenters. The SMILES string of the molecule is CC(C)(C)c1nc(CSc2nnc(COc3ccc(Cl)cc3)o2)cs1. The van der Waals surface area contributed by atoms with Gasteiger partial charge in [-0.1, -0.05) is 44.1 Å². The Labute approximate surface area is 159 Å². The second kappa shape index (κ2) is 7.76. The topological polar surface area (TPSA) is 61.0 Å². The molecule has 25 heavy (non-hydrogen) atoms. The summed E-state index contributed by atoms with van der Waals surface area (Å²) in [5.74, 6) is 1.84. The van der Waals surface area contributed by atoms with Gasteiger partial charge in [-0.3, -0.25) is 0 Å². The number of hydrogen-bond acceptors (Lipinski definition) is 7. The quantitative estimate of drug-likeness (QED) is 0.524. The van der Waals surface area contributed by atoms with E-state index in [9.17, 15) is 0 Å². The number of hydrogen-bond donors (Lipinski definition) is 0. The van der Waals surface area contributed by atoms with Crippen molar-refractivity contribution in [3.63, 3.8) is 0 Å². The van der Waals surface area contributed by atoms with E-state index < -0.39 is 0 Å². The highest BCUT2D eigenvalue weighted by Gasteiger charge is 2.18. The highest BCUT2D eigenvalue weighted by Crippen LogP contribution is 2.28. The van der Waals surface area contributed by atoms with Crippen LogP contribution in [0, 0.1) is 0 Å². The number of thiazole rings is 1. The Hall–Kier alpha value is -1.57. The Morgan fingerprint density at radius 2 is 1.96 bits per heavy atom. The molecule has 5 nitrogen and oxygen atoms in total. The van der Waals surface area contributed by atoms with Crippen LogP contribution in [0.25, 0.3) is 0 Å². The second-order valence-electron chi connectivity index (χ2n) is 6.39. The molecule has 0 aliphatic heterocycles. The Morgan fingerprint density at radius 1 is 1.20 bits per heavy atom. The van der Waals surface area contributed by atoms with Gasteiger partial charge in [0.15, 0.2) is 6.61 Å². The number of ether oxygens (including phenoxy) is 1. The Bertz CT molecular complexity index is 825. The summed E-state index contributed by atoms with van der Waals surface area (Å²) in [6, 6.07) is 7.13. The number of aromatic nitrogens is 3. The third-order valence-electron chi connectivity index (χ3n) is 3.16. The zero-order valence-corrected chi connectivity index (χ0v) is 16.5. The molecule has 1 aromatic carbocycles. The van der Waals surface area contributed by atoms with Crippen molar-refractivity contribution >= 4 is 34.7 Å². The van der Waals surface area contributed by atoms with Crippen molar-refractivity contribution in [2.75, 3.05) is 0 Å². The summed E-state index contributed by atoms with van der Waals surface area (Å²) in [5, 5.41) is 12.4. The van der Waals surface area contributed by atoms with E-state index in [1.54, 1.807) is 35.6 Å². The van der Waals surface area contributed by atoms with Gasteiger partial charge in [0.05, 0.1) is 10.7 Å². The summed E-state index contributed by atoms with van der Waals surface area (Å²) in [6.07, 6.45) is 0. The molecule has 0 saturated carbocycles. The van der Waals surface area contributed by atoms with Gasteiger partial charge in [0.1, 0.15) is 5.75 Å². The van der Waals surface area contributed by atoms with Crippen molar-refractivity contribution in [2.45, 2.75) is 43.8 Å². The zero-order chi connectivity index (χ0) is 17.9. The number of halogens is 1. The van der Waals surface area contributed by atoms with Crippen LogP contribution in [0.15, 0.2) is 39.3 Å². The van der Waals surface area contributed by atoms with Crippen molar-refractivity contribution in [2.24, 2.45) is 0 Å². The minimum Gasteiger partial charge on any atom is -0.484 e. The van der Waals surface area contributed by atoms with Gasteiger partial charge in [0, 0.05) is 21.6 Å². The van der Waals surface area contributed by atoms with Crippen LogP contribution in [0.3, 0.4) is 0 Å². The van der Waals surface area contributed by atoms with Gasteiger partial charge in [0.2, 0.25) is 0 Å². The van der Waals surface area contributed by atoms with E-state index in [-0.39, 0.29) is 12.0 Å². The normalized spacial score (nSPS) is 11.7. The minimum atomic E-state index is 0.0737. The second-order valence-corrected chi connectivity index (χ2v) is 8.61. The van der Waals surface area contributed by atoms with Gasteiger partial charge in [-0.15, -0.1) is 21.5 Å². The van der Waals surface area contributed by atoms with E-state index >= 15 is 0 Å². The van der Waals surface area contributed by atoms with E-state index in [1.807, 2.05) is 0 Å². The minimum absolute atomic E-state index is 0.0737. The lowest BCUT2D eigenvalue weighted by molar-refractivity contribution is 0.252. The van der Waals surface area contributed by atoms with Crippen molar-refractivity contribution in [1.82, 2.24) is 15.2 Å². The van der Waals surface area contributed by atoms with Gasteiger partial charge in [-0.05, 0) is 24.3 Å². The van der Waals surface area contributed by atoms with E-state index in [1.165, 1.54) is 11.8 Å². The average molecular weight is 396 g/mol. The summed E-state index contributed by atoms with van der Waals surface area (Å²) in [5.41, 5.74) is 1.10. The van der Waals surface area contributed by atoms with Gasteiger partial charge < -0.3 is 9.15 Å². The fraction of sp³-hybridized carbons (Fsp3) is 0.353. The van der Waals surface area contributed by atoms with Crippen molar-refractivity contribution in [3.8, 4) is 5.75 Å². The molecule has 2 heterocycles. The molecule has 0 saturated heterocycles. The number of thioether (sulfide) groups is 1. The molecule has 0 amide bonds. The summed E-state index contributed by atoms with van der Waals surface area (Å²) in [7, 11) is 0. The molecule has 3 aromatic rings. The molecular weight excluding hydrogens is 378 g/mol. The van der Waals surface area contributed by atoms with Crippen LogP contribution in [0.2, 0.25) is 5.02 Å². The van der Waals surface area contributed by atoms with Gasteiger partial charge in [0.25, 0.3) is 11.1 Å². The van der Waals surface area contributed by atoms with Crippen molar-refractivity contribution in [3.05, 3.63) is 51.3 Å². The van der Waals surface area contributed by atoms with Crippen LogP contribution in [-0.2, 0) is 17.8 Å². The molecule has 0 bridgehead atoms. The lowest BCUT2D eigenvalue weighted by Crippen LogP contribution is -2.10. The van der Waals surface area contributed by atoms with Crippen molar-refractivity contribution in [1.29, 1.82) is 0 Å². The first-order chi connectivity index (χ1) is 11.9. The Balaban J connectivity index is 1.51. The molecule has 0 unspecified atom stereocenters. The van der Waals surface area contributed by atoms with E-state index in [0.717, 1.165) is 10.7 Å². The van der Waals surface area contributed by atoms with Gasteiger partial charge in [-0.2, -0.15) is 0 Å². The highest BCUT2D eigenvalue weighted by atomic mass is 35.5. The molecule has 0 fully saturated rings. The molecule has 2 aromatic heterocycles. The average Bonchev–Trinajstić information content (AvgIpc) is 3.21. The van der Waals surface area contributed by atoms with Crippen LogP contribution < -0.4 is 4.74 Å². The van der Waals surface area contributed by atoms with Crippen LogP contribution >= 0.6 is 34.7 Å². The number of rotatable bonds is 6. The fourth-order valence-corrected chi connectivity index (χ4v) is 3.70. The lowest BCUT2D eigenvalue weighted by Gasteiger charge is -2.13. The maximum absolute atomic E-state index is 5.84. The fourth-order valence-electron chi connectivity index (χ4n) is 1.88. The number of benzene rings is 1. The van der Waals surface area contributed by atoms with Gasteiger partial charge in [-0.25, -0.2) is 4.98 Å². The predicted octanol–water partition coefficient (Wildman–Crippen LogP) is 5.35. The maximum Gasteiger partial charge on any atom is 0.277 e. The van der Waals surface area contributed by atoms with Crippen LogP contribution in [0.1, 0.15) is 37.4 Å². The smallest absolute Gasteiger partial charge is 0.277 e.